The van der Waals surface area contributed by atoms with Crippen LogP contribution in [-0.4, -0.2) is 47.1 Å². The van der Waals surface area contributed by atoms with Gasteiger partial charge in [-0.1, -0.05) is 0 Å². The summed E-state index contributed by atoms with van der Waals surface area (Å²) < 4.78 is 42.2. The van der Waals surface area contributed by atoms with Gasteiger partial charge < -0.3 is 9.88 Å². The Morgan fingerprint density at radius 3 is 2.22 bits per heavy atom. The minimum absolute atomic E-state index is 0.123. The molecule has 1 N–H and O–H groups in total. The number of anilines is 1. The third kappa shape index (κ3) is 4.05. The quantitative estimate of drug-likeness (QED) is 0.485. The number of amides is 1. The average molecular weight is 453 g/mol. The summed E-state index contributed by atoms with van der Waals surface area (Å²) in [5.74, 6) is -0.322. The van der Waals surface area contributed by atoms with Crippen molar-refractivity contribution in [1.29, 1.82) is 0 Å². The number of hydrogen-bond donors (Lipinski definition) is 1. The highest BCUT2D eigenvalue weighted by Gasteiger charge is 2.21. The molecule has 4 aromatic rings. The maximum atomic E-state index is 13.4. The molecule has 0 fully saturated rings. The Balaban J connectivity index is 1.67. The molecule has 0 aliphatic carbocycles. The van der Waals surface area contributed by atoms with E-state index in [1.54, 1.807) is 33.8 Å². The summed E-state index contributed by atoms with van der Waals surface area (Å²) in [5.41, 5.74) is 1.31. The van der Waals surface area contributed by atoms with Crippen LogP contribution in [0.15, 0.2) is 84.1 Å². The zero-order chi connectivity index (χ0) is 22.9. The SMILES string of the molecule is CN(C)S(=O)(=O)c1ccc(NC(=O)c2cnn(-c3ccc(F)cc3)c2-n2cccc2)cc1. The van der Waals surface area contributed by atoms with E-state index in [1.165, 1.54) is 56.7 Å². The molecule has 0 radical (unpaired) electrons. The topological polar surface area (TPSA) is 89.2 Å². The Morgan fingerprint density at radius 2 is 1.62 bits per heavy atom. The van der Waals surface area contributed by atoms with Crippen LogP contribution in [0.1, 0.15) is 10.4 Å². The molecule has 2 aromatic heterocycles. The number of nitrogens with one attached hydrogen (secondary N) is 1. The van der Waals surface area contributed by atoms with Crippen molar-refractivity contribution in [2.75, 3.05) is 19.4 Å². The van der Waals surface area contributed by atoms with Crippen LogP contribution < -0.4 is 5.32 Å². The predicted octanol–water partition coefficient (Wildman–Crippen LogP) is 3.30. The van der Waals surface area contributed by atoms with Gasteiger partial charge in [0, 0.05) is 32.2 Å². The van der Waals surface area contributed by atoms with Crippen LogP contribution in [0, 0.1) is 5.82 Å². The molecule has 10 heteroatoms. The summed E-state index contributed by atoms with van der Waals surface area (Å²) in [6.07, 6.45) is 4.97. The number of halogens is 1. The number of benzene rings is 2. The first-order valence-electron chi connectivity index (χ1n) is 9.58. The lowest BCUT2D eigenvalue weighted by Gasteiger charge is -2.13. The van der Waals surface area contributed by atoms with Gasteiger partial charge in [-0.3, -0.25) is 4.79 Å². The zero-order valence-electron chi connectivity index (χ0n) is 17.3. The molecule has 0 saturated carbocycles. The van der Waals surface area contributed by atoms with Gasteiger partial charge >= 0.3 is 0 Å². The van der Waals surface area contributed by atoms with Gasteiger partial charge in [0.15, 0.2) is 5.82 Å². The van der Waals surface area contributed by atoms with Gasteiger partial charge in [-0.15, -0.1) is 0 Å². The first kappa shape index (κ1) is 21.5. The Kier molecular flexibility index (Phi) is 5.64. The molecule has 0 aliphatic heterocycles. The number of rotatable bonds is 6. The number of hydrogen-bond acceptors (Lipinski definition) is 4. The second-order valence-corrected chi connectivity index (χ2v) is 9.28. The molecule has 0 unspecified atom stereocenters. The third-order valence-electron chi connectivity index (χ3n) is 4.80. The second kappa shape index (κ2) is 8.40. The predicted molar refractivity (Wildman–Crippen MR) is 118 cm³/mol. The largest absolute Gasteiger partial charge is 0.322 e. The Bertz CT molecular complexity index is 1340. The fourth-order valence-electron chi connectivity index (χ4n) is 3.12. The van der Waals surface area contributed by atoms with Crippen molar-refractivity contribution in [3.63, 3.8) is 0 Å². The molecule has 0 aliphatic rings. The Hall–Kier alpha value is -3.76. The second-order valence-electron chi connectivity index (χ2n) is 7.13. The zero-order valence-corrected chi connectivity index (χ0v) is 18.1. The van der Waals surface area contributed by atoms with E-state index >= 15 is 0 Å². The first-order valence-corrected chi connectivity index (χ1v) is 11.0. The van der Waals surface area contributed by atoms with Crippen LogP contribution in [0.3, 0.4) is 0 Å². The molecule has 0 saturated heterocycles. The lowest BCUT2D eigenvalue weighted by molar-refractivity contribution is 0.102. The number of carbonyl (C=O) groups excluding carboxylic acids is 1. The first-order chi connectivity index (χ1) is 15.3. The minimum Gasteiger partial charge on any atom is -0.322 e. The molecule has 4 rings (SSSR count). The van der Waals surface area contributed by atoms with Gasteiger partial charge in [-0.2, -0.15) is 5.10 Å². The van der Waals surface area contributed by atoms with E-state index in [9.17, 15) is 17.6 Å². The monoisotopic (exact) mass is 453 g/mol. The molecular formula is C22H20FN5O3S. The molecular weight excluding hydrogens is 433 g/mol. The molecule has 32 heavy (non-hydrogen) atoms. The number of carbonyl (C=O) groups is 1. The Morgan fingerprint density at radius 1 is 1.00 bits per heavy atom. The van der Waals surface area contributed by atoms with Crippen LogP contribution in [-0.2, 0) is 10.0 Å². The fourth-order valence-corrected chi connectivity index (χ4v) is 4.02. The van der Waals surface area contributed by atoms with Crippen molar-refractivity contribution < 1.29 is 17.6 Å². The smallest absolute Gasteiger partial charge is 0.261 e. The molecule has 0 atom stereocenters. The van der Waals surface area contributed by atoms with E-state index in [0.29, 0.717) is 17.2 Å². The summed E-state index contributed by atoms with van der Waals surface area (Å²) in [5, 5.41) is 7.10. The third-order valence-corrected chi connectivity index (χ3v) is 6.63. The van der Waals surface area contributed by atoms with Gasteiger partial charge in [0.25, 0.3) is 5.91 Å². The lowest BCUT2D eigenvalue weighted by Crippen LogP contribution is -2.22. The van der Waals surface area contributed by atoms with Crippen molar-refractivity contribution in [2.24, 2.45) is 0 Å². The fraction of sp³-hybridized carbons (Fsp3) is 0.0909. The number of sulfonamides is 1. The van der Waals surface area contributed by atoms with Crippen molar-refractivity contribution in [2.45, 2.75) is 4.90 Å². The van der Waals surface area contributed by atoms with Crippen molar-refractivity contribution in [3.8, 4) is 11.5 Å². The number of aromatic nitrogens is 3. The van der Waals surface area contributed by atoms with E-state index < -0.39 is 15.9 Å². The highest BCUT2D eigenvalue weighted by atomic mass is 32.2. The lowest BCUT2D eigenvalue weighted by atomic mass is 10.2. The maximum absolute atomic E-state index is 13.4. The van der Waals surface area contributed by atoms with E-state index in [0.717, 1.165) is 4.31 Å². The molecule has 164 valence electrons. The summed E-state index contributed by atoms with van der Waals surface area (Å²) in [6, 6.07) is 15.3. The van der Waals surface area contributed by atoms with Crippen LogP contribution in [0.5, 0.6) is 0 Å². The molecule has 0 bridgehead atoms. The maximum Gasteiger partial charge on any atom is 0.261 e. The highest BCUT2D eigenvalue weighted by molar-refractivity contribution is 7.89. The van der Waals surface area contributed by atoms with Gasteiger partial charge in [0.1, 0.15) is 11.4 Å². The van der Waals surface area contributed by atoms with Crippen molar-refractivity contribution in [1.82, 2.24) is 18.7 Å². The van der Waals surface area contributed by atoms with Crippen LogP contribution >= 0.6 is 0 Å². The van der Waals surface area contributed by atoms with Crippen LogP contribution in [0.4, 0.5) is 10.1 Å². The normalized spacial score (nSPS) is 11.6. The molecule has 8 nitrogen and oxygen atoms in total. The highest BCUT2D eigenvalue weighted by Crippen LogP contribution is 2.22. The van der Waals surface area contributed by atoms with Crippen LogP contribution in [0.2, 0.25) is 0 Å². The van der Waals surface area contributed by atoms with Crippen LogP contribution in [0.25, 0.3) is 11.5 Å². The summed E-state index contributed by atoms with van der Waals surface area (Å²) in [4.78, 5) is 13.2. The van der Waals surface area contributed by atoms with Gasteiger partial charge in [0.2, 0.25) is 10.0 Å². The van der Waals surface area contributed by atoms with E-state index in [2.05, 4.69) is 10.4 Å². The molecule has 1 amide bonds. The van der Waals surface area contributed by atoms with E-state index in [-0.39, 0.29) is 16.3 Å². The summed E-state index contributed by atoms with van der Waals surface area (Å²) in [6.45, 7) is 0. The summed E-state index contributed by atoms with van der Waals surface area (Å²) in [7, 11) is -0.662. The summed E-state index contributed by atoms with van der Waals surface area (Å²) >= 11 is 0. The van der Waals surface area contributed by atoms with E-state index in [4.69, 9.17) is 0 Å². The standard InChI is InChI=1S/C22H20FN5O3S/c1-26(2)32(30,31)19-11-7-17(8-12-19)25-21(29)20-15-24-28(18-9-5-16(23)6-10-18)22(20)27-13-3-4-14-27/h3-15H,1-2H3,(H,25,29). The van der Waals surface area contributed by atoms with Gasteiger partial charge in [0.05, 0.1) is 16.8 Å². The average Bonchev–Trinajstić information content (AvgIpc) is 3.44. The minimum atomic E-state index is -3.56. The van der Waals surface area contributed by atoms with E-state index in [1.807, 2.05) is 12.1 Å². The van der Waals surface area contributed by atoms with Crippen molar-refractivity contribution >= 4 is 21.6 Å². The Labute approximate surface area is 184 Å². The number of nitrogens with zero attached hydrogens (tertiary/aromatic N) is 4. The molecule has 2 aromatic carbocycles. The molecule has 2 heterocycles. The van der Waals surface area contributed by atoms with Gasteiger partial charge in [-0.25, -0.2) is 21.8 Å². The van der Waals surface area contributed by atoms with Crippen molar-refractivity contribution in [3.05, 3.63) is 90.6 Å². The molecule has 0 spiro atoms. The van der Waals surface area contributed by atoms with Gasteiger partial charge in [-0.05, 0) is 60.7 Å².